The fourth-order valence-corrected chi connectivity index (χ4v) is 2.62. The van der Waals surface area contributed by atoms with Gasteiger partial charge < -0.3 is 9.45 Å². The molecule has 0 N–H and O–H groups in total. The molecule has 2 rings (SSSR count). The van der Waals surface area contributed by atoms with E-state index in [1.807, 2.05) is 29.2 Å². The molecule has 0 aliphatic carbocycles. The summed E-state index contributed by atoms with van der Waals surface area (Å²) in [7, 11) is 0. The molecule has 0 spiro atoms. The van der Waals surface area contributed by atoms with E-state index in [-0.39, 0.29) is 5.88 Å². The molecule has 0 amide bonds. The van der Waals surface area contributed by atoms with Crippen LogP contribution in [0, 0.1) is 0 Å². The summed E-state index contributed by atoms with van der Waals surface area (Å²) < 4.78 is 21.2. The Labute approximate surface area is 108 Å². The number of benzene rings is 1. The summed E-state index contributed by atoms with van der Waals surface area (Å²) in [5.74, 6) is 0.133. The van der Waals surface area contributed by atoms with Crippen molar-refractivity contribution in [1.29, 1.82) is 0 Å². The maximum atomic E-state index is 10.6. The van der Waals surface area contributed by atoms with Gasteiger partial charge in [0.15, 0.2) is 0 Å². The minimum absolute atomic E-state index is 0.133. The normalized spacial score (nSPS) is 19.3. The molecule has 4 nitrogen and oxygen atoms in total. The molecule has 1 saturated heterocycles. The van der Waals surface area contributed by atoms with E-state index in [1.54, 1.807) is 0 Å². The van der Waals surface area contributed by atoms with Gasteiger partial charge in [-0.1, -0.05) is 11.6 Å². The van der Waals surface area contributed by atoms with Gasteiger partial charge in [0.1, 0.15) is 0 Å². The second-order valence-corrected chi connectivity index (χ2v) is 5.32. The van der Waals surface area contributed by atoms with Crippen molar-refractivity contribution < 1.29 is 8.76 Å². The highest BCUT2D eigenvalue weighted by molar-refractivity contribution is 7.79. The van der Waals surface area contributed by atoms with E-state index in [4.69, 9.17) is 11.6 Å². The zero-order valence-electron chi connectivity index (χ0n) is 9.34. The molecule has 1 aliphatic heterocycles. The second kappa shape index (κ2) is 5.82. The van der Waals surface area contributed by atoms with E-state index in [0.29, 0.717) is 0 Å². The van der Waals surface area contributed by atoms with Crippen LogP contribution in [0.2, 0.25) is 5.02 Å². The molecule has 1 aliphatic rings. The molecule has 1 heterocycles. The lowest BCUT2D eigenvalue weighted by Crippen LogP contribution is -2.47. The van der Waals surface area contributed by atoms with Crippen molar-refractivity contribution in [3.63, 3.8) is 0 Å². The number of nitrogens with zero attached hydrogens (tertiary/aromatic N) is 2. The Kier molecular flexibility index (Phi) is 4.39. The van der Waals surface area contributed by atoms with Crippen LogP contribution < -0.4 is 4.90 Å². The lowest BCUT2D eigenvalue weighted by molar-refractivity contribution is 0.291. The number of hydrogen-bond acceptors (Lipinski definition) is 4. The molecule has 0 aromatic heterocycles. The number of piperazine rings is 1. The van der Waals surface area contributed by atoms with Gasteiger partial charge in [0.2, 0.25) is 0 Å². The minimum Gasteiger partial charge on any atom is -0.771 e. The van der Waals surface area contributed by atoms with Gasteiger partial charge in [-0.2, -0.15) is 0 Å². The largest absolute Gasteiger partial charge is 0.771 e. The van der Waals surface area contributed by atoms with Crippen LogP contribution in [-0.4, -0.2) is 45.7 Å². The zero-order chi connectivity index (χ0) is 12.3. The van der Waals surface area contributed by atoms with E-state index in [2.05, 4.69) is 4.90 Å². The molecular formula is C11H14ClN2O2S-. The summed E-state index contributed by atoms with van der Waals surface area (Å²) in [4.78, 5) is 4.18. The molecule has 0 radical (unpaired) electrons. The van der Waals surface area contributed by atoms with Crippen LogP contribution in [0.4, 0.5) is 5.69 Å². The Balaban J connectivity index is 1.90. The lowest BCUT2D eigenvalue weighted by atomic mass is 10.2. The summed E-state index contributed by atoms with van der Waals surface area (Å²) in [6, 6.07) is 7.72. The van der Waals surface area contributed by atoms with Crippen molar-refractivity contribution in [2.24, 2.45) is 0 Å². The Bertz CT molecular complexity index is 391. The van der Waals surface area contributed by atoms with Gasteiger partial charge in [-0.25, -0.2) is 0 Å². The third-order valence-electron chi connectivity index (χ3n) is 2.85. The molecule has 1 aromatic rings. The van der Waals surface area contributed by atoms with Gasteiger partial charge in [-0.15, -0.1) is 0 Å². The average Bonchev–Trinajstić information content (AvgIpc) is 2.30. The van der Waals surface area contributed by atoms with Crippen LogP contribution in [-0.2, 0) is 11.1 Å². The van der Waals surface area contributed by atoms with Gasteiger partial charge in [-0.05, 0) is 35.3 Å². The fraction of sp³-hybridized carbons (Fsp3) is 0.455. The van der Waals surface area contributed by atoms with Crippen LogP contribution in [0.5, 0.6) is 0 Å². The van der Waals surface area contributed by atoms with Crippen LogP contribution >= 0.6 is 11.6 Å². The number of anilines is 1. The van der Waals surface area contributed by atoms with Crippen LogP contribution in [0.3, 0.4) is 0 Å². The molecule has 1 fully saturated rings. The molecule has 1 atom stereocenters. The Hall–Kier alpha value is -0.620. The average molecular weight is 274 g/mol. The third kappa shape index (κ3) is 3.67. The summed E-state index contributed by atoms with van der Waals surface area (Å²) in [5, 5.41) is 0.731. The summed E-state index contributed by atoms with van der Waals surface area (Å²) in [5.41, 5.74) is 1.14. The fourth-order valence-electron chi connectivity index (χ4n) is 1.94. The second-order valence-electron chi connectivity index (χ2n) is 4.01. The van der Waals surface area contributed by atoms with Gasteiger partial charge in [-0.3, -0.25) is 9.11 Å². The van der Waals surface area contributed by atoms with Crippen molar-refractivity contribution >= 4 is 28.4 Å². The predicted molar refractivity (Wildman–Crippen MR) is 69.0 cm³/mol. The molecule has 1 unspecified atom stereocenters. The Morgan fingerprint density at radius 2 is 1.76 bits per heavy atom. The van der Waals surface area contributed by atoms with Gasteiger partial charge in [0.05, 0.1) is 5.88 Å². The van der Waals surface area contributed by atoms with Crippen molar-refractivity contribution in [1.82, 2.24) is 4.90 Å². The van der Waals surface area contributed by atoms with E-state index in [0.717, 1.165) is 36.9 Å². The first kappa shape index (κ1) is 12.8. The maximum absolute atomic E-state index is 10.6. The number of hydrogen-bond donors (Lipinski definition) is 0. The zero-order valence-corrected chi connectivity index (χ0v) is 10.9. The highest BCUT2D eigenvalue weighted by Gasteiger charge is 2.16. The van der Waals surface area contributed by atoms with E-state index in [1.165, 1.54) is 0 Å². The molecule has 1 aromatic carbocycles. The molecule has 0 bridgehead atoms. The minimum atomic E-state index is -1.98. The summed E-state index contributed by atoms with van der Waals surface area (Å²) >= 11 is 3.85. The first-order valence-corrected chi connectivity index (χ1v) is 7.06. The van der Waals surface area contributed by atoms with Crippen LogP contribution in [0.25, 0.3) is 0 Å². The van der Waals surface area contributed by atoms with Crippen molar-refractivity contribution in [2.75, 3.05) is 37.0 Å². The number of halogens is 1. The highest BCUT2D eigenvalue weighted by Crippen LogP contribution is 2.19. The summed E-state index contributed by atoms with van der Waals surface area (Å²) in [6.45, 7) is 3.24. The van der Waals surface area contributed by atoms with Crippen molar-refractivity contribution in [3.8, 4) is 0 Å². The molecule has 94 valence electrons. The Morgan fingerprint density at radius 3 is 2.29 bits per heavy atom. The number of rotatable bonds is 3. The van der Waals surface area contributed by atoms with Gasteiger partial charge >= 0.3 is 0 Å². The highest BCUT2D eigenvalue weighted by atomic mass is 35.5. The van der Waals surface area contributed by atoms with Gasteiger partial charge in [0.25, 0.3) is 0 Å². The van der Waals surface area contributed by atoms with E-state index >= 15 is 0 Å². The molecule has 6 heteroatoms. The SMILES string of the molecule is O=S([O-])CN1CCN(c2ccc(Cl)cc2)CC1. The standard InChI is InChI=1S/C11H15ClN2O2S/c12-10-1-3-11(4-2-10)14-7-5-13(6-8-14)9-17(15)16/h1-4H,5-9H2,(H,15,16)/p-1. The maximum Gasteiger partial charge on any atom is 0.0614 e. The van der Waals surface area contributed by atoms with Crippen LogP contribution in [0.1, 0.15) is 0 Å². The molecule has 0 saturated carbocycles. The third-order valence-corrected chi connectivity index (χ3v) is 3.68. The van der Waals surface area contributed by atoms with E-state index in [9.17, 15) is 8.76 Å². The predicted octanol–water partition coefficient (Wildman–Crippen LogP) is 1.30. The monoisotopic (exact) mass is 273 g/mol. The quantitative estimate of drug-likeness (QED) is 0.779. The van der Waals surface area contributed by atoms with E-state index < -0.39 is 11.1 Å². The Morgan fingerprint density at radius 1 is 1.18 bits per heavy atom. The molecular weight excluding hydrogens is 260 g/mol. The van der Waals surface area contributed by atoms with Gasteiger partial charge in [0, 0.05) is 36.9 Å². The lowest BCUT2D eigenvalue weighted by Gasteiger charge is -2.36. The molecule has 17 heavy (non-hydrogen) atoms. The smallest absolute Gasteiger partial charge is 0.0614 e. The first-order valence-electron chi connectivity index (χ1n) is 5.44. The van der Waals surface area contributed by atoms with Crippen LogP contribution in [0.15, 0.2) is 24.3 Å². The summed E-state index contributed by atoms with van der Waals surface area (Å²) in [6.07, 6.45) is 0. The van der Waals surface area contributed by atoms with Crippen molar-refractivity contribution in [3.05, 3.63) is 29.3 Å². The van der Waals surface area contributed by atoms with Crippen molar-refractivity contribution in [2.45, 2.75) is 0 Å². The topological polar surface area (TPSA) is 46.6 Å². The first-order chi connectivity index (χ1) is 8.15.